The van der Waals surface area contributed by atoms with E-state index < -0.39 is 29.4 Å². The van der Waals surface area contributed by atoms with Gasteiger partial charge in [0.2, 0.25) is 17.5 Å². The third kappa shape index (κ3) is 9.69. The molecule has 4 amide bonds. The van der Waals surface area contributed by atoms with Crippen LogP contribution in [-0.4, -0.2) is 78.0 Å². The summed E-state index contributed by atoms with van der Waals surface area (Å²) in [5, 5.41) is 5.74. The normalized spacial score (nSPS) is 18.2. The first-order valence-electron chi connectivity index (χ1n) is 15.9. The van der Waals surface area contributed by atoms with E-state index in [9.17, 15) is 24.0 Å². The Bertz CT molecular complexity index is 1370. The SMILES string of the molecule is CCOC(=O)[C@@](C)(NC(=O)c1ccc(Cl)cc1)NC(=O)[C@@H]1CCCN(C(=O)CCC2CCN(C(=O)OCc3ccccc3)CC2)C1. The number of halogens is 1. The summed E-state index contributed by atoms with van der Waals surface area (Å²) in [6.07, 6.45) is 3.52. The van der Waals surface area contributed by atoms with Crippen molar-refractivity contribution in [3.8, 4) is 0 Å². The topological polar surface area (TPSA) is 134 Å². The highest BCUT2D eigenvalue weighted by Gasteiger charge is 2.41. The van der Waals surface area contributed by atoms with Crippen molar-refractivity contribution in [2.75, 3.05) is 32.8 Å². The highest BCUT2D eigenvalue weighted by atomic mass is 35.5. The molecule has 2 aromatic carbocycles. The Balaban J connectivity index is 1.24. The molecule has 0 radical (unpaired) electrons. The third-order valence-electron chi connectivity index (χ3n) is 8.52. The van der Waals surface area contributed by atoms with E-state index in [1.165, 1.54) is 19.1 Å². The van der Waals surface area contributed by atoms with E-state index in [0.717, 1.165) is 18.4 Å². The van der Waals surface area contributed by atoms with Gasteiger partial charge in [0.05, 0.1) is 12.5 Å². The van der Waals surface area contributed by atoms with Crippen LogP contribution in [-0.2, 0) is 30.5 Å². The van der Waals surface area contributed by atoms with Crippen molar-refractivity contribution in [2.24, 2.45) is 11.8 Å². The average Bonchev–Trinajstić information content (AvgIpc) is 3.07. The predicted octanol–water partition coefficient (Wildman–Crippen LogP) is 4.53. The van der Waals surface area contributed by atoms with Crippen molar-refractivity contribution in [2.45, 2.75) is 64.6 Å². The highest BCUT2D eigenvalue weighted by molar-refractivity contribution is 6.30. The molecule has 2 fully saturated rings. The van der Waals surface area contributed by atoms with E-state index in [1.54, 1.807) is 28.9 Å². The summed E-state index contributed by atoms with van der Waals surface area (Å²) in [6, 6.07) is 15.7. The second-order valence-corrected chi connectivity index (χ2v) is 12.4. The van der Waals surface area contributed by atoms with Crippen molar-refractivity contribution in [1.29, 1.82) is 0 Å². The molecule has 0 saturated carbocycles. The molecular formula is C34H43ClN4O7. The van der Waals surface area contributed by atoms with Gasteiger partial charge in [0, 0.05) is 43.2 Å². The largest absolute Gasteiger partial charge is 0.463 e. The number of carbonyl (C=O) groups excluding carboxylic acids is 5. The first-order chi connectivity index (χ1) is 22.1. The van der Waals surface area contributed by atoms with Crippen LogP contribution in [0.4, 0.5) is 4.79 Å². The average molecular weight is 655 g/mol. The van der Waals surface area contributed by atoms with Crippen LogP contribution in [0, 0.1) is 11.8 Å². The van der Waals surface area contributed by atoms with Gasteiger partial charge in [-0.1, -0.05) is 41.9 Å². The van der Waals surface area contributed by atoms with Crippen LogP contribution in [0.25, 0.3) is 0 Å². The van der Waals surface area contributed by atoms with Crippen molar-refractivity contribution < 1.29 is 33.4 Å². The quantitative estimate of drug-likeness (QED) is 0.269. The van der Waals surface area contributed by atoms with Gasteiger partial charge in [0.25, 0.3) is 5.91 Å². The zero-order chi connectivity index (χ0) is 33.1. The van der Waals surface area contributed by atoms with Crippen LogP contribution in [0.15, 0.2) is 54.6 Å². The molecule has 4 rings (SSSR count). The number of esters is 1. The Hall–Kier alpha value is -4.12. The smallest absolute Gasteiger partial charge is 0.410 e. The minimum atomic E-state index is -1.82. The summed E-state index contributed by atoms with van der Waals surface area (Å²) in [5.41, 5.74) is -0.619. The fourth-order valence-electron chi connectivity index (χ4n) is 5.78. The number of likely N-dealkylation sites (tertiary alicyclic amines) is 2. The molecule has 0 unspecified atom stereocenters. The second-order valence-electron chi connectivity index (χ2n) is 12.0. The number of benzene rings is 2. The van der Waals surface area contributed by atoms with E-state index in [2.05, 4.69) is 10.6 Å². The number of nitrogens with one attached hydrogen (secondary N) is 2. The molecule has 0 aromatic heterocycles. The van der Waals surface area contributed by atoms with E-state index in [4.69, 9.17) is 21.1 Å². The monoisotopic (exact) mass is 654 g/mol. The molecule has 2 heterocycles. The van der Waals surface area contributed by atoms with Crippen LogP contribution in [0.2, 0.25) is 5.02 Å². The Labute approximate surface area is 274 Å². The summed E-state index contributed by atoms with van der Waals surface area (Å²) >= 11 is 5.92. The molecule has 2 saturated heterocycles. The maximum Gasteiger partial charge on any atom is 0.410 e. The minimum absolute atomic E-state index is 0.0219. The lowest BCUT2D eigenvalue weighted by Gasteiger charge is -2.36. The first kappa shape index (κ1) is 34.7. The van der Waals surface area contributed by atoms with Gasteiger partial charge in [-0.15, -0.1) is 0 Å². The molecule has 2 N–H and O–H groups in total. The minimum Gasteiger partial charge on any atom is -0.463 e. The Kier molecular flexibility index (Phi) is 12.4. The standard InChI is InChI=1S/C34H43ClN4O7/c1-3-45-32(43)34(2,36-30(41)26-12-14-28(35)15-13-26)37-31(42)27-10-7-19-39(22-27)29(40)16-11-24-17-20-38(21-18-24)33(44)46-23-25-8-5-4-6-9-25/h4-6,8-9,12-15,24,27H,3,7,10-11,16-23H2,1-2H3,(H,36,41)(H,37,42)/t27-,34+/m1/s1. The lowest BCUT2D eigenvalue weighted by Crippen LogP contribution is -2.65. The Morgan fingerprint density at radius 1 is 0.891 bits per heavy atom. The molecule has 11 nitrogen and oxygen atoms in total. The van der Waals surface area contributed by atoms with Gasteiger partial charge in [0.15, 0.2) is 0 Å². The fraction of sp³-hybridized carbons (Fsp3) is 0.500. The molecule has 2 aliphatic rings. The van der Waals surface area contributed by atoms with Crippen LogP contribution in [0.5, 0.6) is 0 Å². The van der Waals surface area contributed by atoms with Crippen molar-refractivity contribution >= 4 is 41.4 Å². The van der Waals surface area contributed by atoms with Gasteiger partial charge in [-0.3, -0.25) is 14.4 Å². The van der Waals surface area contributed by atoms with Gasteiger partial charge in [0.1, 0.15) is 6.61 Å². The molecule has 12 heteroatoms. The predicted molar refractivity (Wildman–Crippen MR) is 172 cm³/mol. The number of amides is 4. The number of hydrogen-bond donors (Lipinski definition) is 2. The summed E-state index contributed by atoms with van der Waals surface area (Å²) in [7, 11) is 0. The number of carbonyl (C=O) groups is 5. The van der Waals surface area contributed by atoms with Crippen LogP contribution < -0.4 is 10.6 Å². The lowest BCUT2D eigenvalue weighted by molar-refractivity contribution is -0.154. The van der Waals surface area contributed by atoms with E-state index in [-0.39, 0.29) is 37.3 Å². The van der Waals surface area contributed by atoms with Gasteiger partial charge in [-0.2, -0.15) is 0 Å². The van der Waals surface area contributed by atoms with Gasteiger partial charge in [-0.25, -0.2) is 9.59 Å². The number of piperidine rings is 2. The Morgan fingerprint density at radius 3 is 2.26 bits per heavy atom. The summed E-state index contributed by atoms with van der Waals surface area (Å²) in [4.78, 5) is 68.3. The van der Waals surface area contributed by atoms with E-state index in [1.807, 2.05) is 30.3 Å². The van der Waals surface area contributed by atoms with Crippen molar-refractivity contribution in [3.63, 3.8) is 0 Å². The van der Waals surface area contributed by atoms with E-state index >= 15 is 0 Å². The molecular weight excluding hydrogens is 612 g/mol. The van der Waals surface area contributed by atoms with Gasteiger partial charge >= 0.3 is 12.1 Å². The van der Waals surface area contributed by atoms with Crippen LogP contribution >= 0.6 is 11.6 Å². The molecule has 2 aliphatic heterocycles. The lowest BCUT2D eigenvalue weighted by atomic mass is 9.91. The molecule has 0 aliphatic carbocycles. The van der Waals surface area contributed by atoms with Crippen molar-refractivity contribution in [1.82, 2.24) is 20.4 Å². The maximum absolute atomic E-state index is 13.4. The van der Waals surface area contributed by atoms with Crippen LogP contribution in [0.3, 0.4) is 0 Å². The summed E-state index contributed by atoms with van der Waals surface area (Å²) in [6.45, 7) is 5.27. The zero-order valence-electron chi connectivity index (χ0n) is 26.5. The molecule has 248 valence electrons. The highest BCUT2D eigenvalue weighted by Crippen LogP contribution is 2.25. The van der Waals surface area contributed by atoms with Crippen molar-refractivity contribution in [3.05, 3.63) is 70.7 Å². The molecule has 0 bridgehead atoms. The summed E-state index contributed by atoms with van der Waals surface area (Å²) in [5.74, 6) is -2.08. The number of hydrogen-bond acceptors (Lipinski definition) is 7. The maximum atomic E-state index is 13.4. The zero-order valence-corrected chi connectivity index (χ0v) is 27.2. The second kappa shape index (κ2) is 16.4. The third-order valence-corrected chi connectivity index (χ3v) is 8.77. The van der Waals surface area contributed by atoms with Gasteiger partial charge < -0.3 is 29.9 Å². The number of rotatable bonds is 11. The molecule has 46 heavy (non-hydrogen) atoms. The molecule has 0 spiro atoms. The van der Waals surface area contributed by atoms with Gasteiger partial charge in [-0.05, 0) is 81.7 Å². The Morgan fingerprint density at radius 2 is 1.59 bits per heavy atom. The molecule has 2 atom stereocenters. The summed E-state index contributed by atoms with van der Waals surface area (Å²) < 4.78 is 10.6. The fourth-order valence-corrected chi connectivity index (χ4v) is 5.90. The van der Waals surface area contributed by atoms with Crippen LogP contribution in [0.1, 0.15) is 68.3 Å². The van der Waals surface area contributed by atoms with E-state index in [0.29, 0.717) is 56.3 Å². The number of nitrogens with zero attached hydrogens (tertiary/aromatic N) is 2. The number of ether oxygens (including phenoxy) is 2. The molecule has 2 aromatic rings. The first-order valence-corrected chi connectivity index (χ1v) is 16.3.